The normalized spacial score (nSPS) is 18.8. The van der Waals surface area contributed by atoms with Crippen LogP contribution in [0.25, 0.3) is 0 Å². The van der Waals surface area contributed by atoms with Gasteiger partial charge in [-0.15, -0.1) is 11.8 Å². The van der Waals surface area contributed by atoms with Gasteiger partial charge in [-0.2, -0.15) is 0 Å². The Hall–Kier alpha value is -1.49. The first-order valence-electron chi connectivity index (χ1n) is 4.87. The minimum atomic E-state index is -0.955. The summed E-state index contributed by atoms with van der Waals surface area (Å²) in [5, 5.41) is 10.9. The number of carbonyl (C=O) groups excluding carboxylic acids is 1. The summed E-state index contributed by atoms with van der Waals surface area (Å²) in [6.07, 6.45) is -0.149. The van der Waals surface area contributed by atoms with E-state index in [-0.39, 0.29) is 12.3 Å². The number of amides is 1. The van der Waals surface area contributed by atoms with Crippen LogP contribution in [0.4, 0.5) is 5.69 Å². The third-order valence-corrected chi connectivity index (χ3v) is 3.66. The highest BCUT2D eigenvalue weighted by Gasteiger charge is 2.29. The number of aliphatic carboxylic acids is 1. The molecule has 1 amide bonds. The predicted molar refractivity (Wildman–Crippen MR) is 61.7 cm³/mol. The van der Waals surface area contributed by atoms with E-state index in [2.05, 4.69) is 5.32 Å². The van der Waals surface area contributed by atoms with Crippen molar-refractivity contribution in [3.8, 4) is 0 Å². The highest BCUT2D eigenvalue weighted by Crippen LogP contribution is 2.38. The summed E-state index contributed by atoms with van der Waals surface area (Å²) in [5.41, 5.74) is 1.80. The van der Waals surface area contributed by atoms with Gasteiger partial charge in [-0.05, 0) is 18.6 Å². The number of anilines is 1. The molecule has 0 aliphatic carbocycles. The van der Waals surface area contributed by atoms with Gasteiger partial charge in [0.2, 0.25) is 5.91 Å². The Morgan fingerprint density at radius 3 is 3.00 bits per heavy atom. The number of hydrogen-bond donors (Lipinski definition) is 2. The molecule has 1 unspecified atom stereocenters. The minimum Gasteiger partial charge on any atom is -0.481 e. The maximum atomic E-state index is 11.6. The zero-order valence-corrected chi connectivity index (χ0v) is 9.50. The maximum absolute atomic E-state index is 11.6. The summed E-state index contributed by atoms with van der Waals surface area (Å²) in [5.74, 6) is -1.18. The summed E-state index contributed by atoms with van der Waals surface area (Å²) in [6.45, 7) is 1.91. The molecule has 1 atom stereocenters. The third-order valence-electron chi connectivity index (χ3n) is 2.40. The largest absolute Gasteiger partial charge is 0.481 e. The minimum absolute atomic E-state index is 0.149. The van der Waals surface area contributed by atoms with Gasteiger partial charge in [-0.1, -0.05) is 12.1 Å². The zero-order chi connectivity index (χ0) is 11.7. The average molecular weight is 237 g/mol. The molecule has 0 spiro atoms. The van der Waals surface area contributed by atoms with Crippen LogP contribution in [-0.4, -0.2) is 22.2 Å². The molecule has 4 nitrogen and oxygen atoms in total. The molecule has 5 heteroatoms. The van der Waals surface area contributed by atoms with Gasteiger partial charge in [0.1, 0.15) is 0 Å². The van der Waals surface area contributed by atoms with E-state index in [0.717, 1.165) is 16.1 Å². The average Bonchev–Trinajstić information content (AvgIpc) is 2.20. The predicted octanol–water partition coefficient (Wildman–Crippen LogP) is 1.88. The summed E-state index contributed by atoms with van der Waals surface area (Å²) in [6, 6.07) is 5.70. The first kappa shape index (κ1) is 11.0. The van der Waals surface area contributed by atoms with E-state index in [1.807, 2.05) is 25.1 Å². The van der Waals surface area contributed by atoms with Crippen LogP contribution in [0.15, 0.2) is 23.1 Å². The molecule has 1 aliphatic rings. The lowest BCUT2D eigenvalue weighted by molar-refractivity contribution is -0.138. The Morgan fingerprint density at radius 2 is 2.31 bits per heavy atom. The van der Waals surface area contributed by atoms with Crippen molar-refractivity contribution in [2.75, 3.05) is 5.32 Å². The van der Waals surface area contributed by atoms with Crippen molar-refractivity contribution in [2.24, 2.45) is 0 Å². The molecule has 0 saturated heterocycles. The molecule has 16 heavy (non-hydrogen) atoms. The molecule has 0 bridgehead atoms. The summed E-state index contributed by atoms with van der Waals surface area (Å²) in [7, 11) is 0. The van der Waals surface area contributed by atoms with E-state index in [0.29, 0.717) is 0 Å². The Labute approximate surface area is 97.0 Å². The Kier molecular flexibility index (Phi) is 2.87. The molecule has 2 N–H and O–H groups in total. The fourth-order valence-electron chi connectivity index (χ4n) is 1.60. The molecule has 2 rings (SSSR count). The second kappa shape index (κ2) is 4.17. The lowest BCUT2D eigenvalue weighted by atomic mass is 10.2. The van der Waals surface area contributed by atoms with Crippen molar-refractivity contribution >= 4 is 29.3 Å². The van der Waals surface area contributed by atoms with Crippen LogP contribution in [0.3, 0.4) is 0 Å². The van der Waals surface area contributed by atoms with E-state index in [4.69, 9.17) is 5.11 Å². The number of carboxylic acid groups (broad SMARTS) is 1. The first-order chi connectivity index (χ1) is 7.58. The van der Waals surface area contributed by atoms with Crippen LogP contribution in [0.2, 0.25) is 0 Å². The number of aryl methyl sites for hydroxylation is 1. The molecule has 0 aromatic heterocycles. The van der Waals surface area contributed by atoms with Crippen LogP contribution in [0, 0.1) is 6.92 Å². The number of carbonyl (C=O) groups is 2. The molecule has 84 valence electrons. The maximum Gasteiger partial charge on any atom is 0.305 e. The van der Waals surface area contributed by atoms with Crippen LogP contribution >= 0.6 is 11.8 Å². The summed E-state index contributed by atoms with van der Waals surface area (Å²) < 4.78 is 0. The molecule has 1 aliphatic heterocycles. The Bertz CT molecular complexity index is 459. The smallest absolute Gasteiger partial charge is 0.305 e. The standard InChI is InChI=1S/C11H11NO3S/c1-6-3-2-4-7-10(6)12-11(15)8(16-7)5-9(13)14/h2-4,8H,5H2,1H3,(H,12,15)(H,13,14). The van der Waals surface area contributed by atoms with E-state index in [1.165, 1.54) is 11.8 Å². The highest BCUT2D eigenvalue weighted by atomic mass is 32.2. The van der Waals surface area contributed by atoms with Crippen molar-refractivity contribution in [1.82, 2.24) is 0 Å². The van der Waals surface area contributed by atoms with E-state index < -0.39 is 11.2 Å². The monoisotopic (exact) mass is 237 g/mol. The number of benzene rings is 1. The third kappa shape index (κ3) is 2.04. The second-order valence-corrected chi connectivity index (χ2v) is 4.89. The van der Waals surface area contributed by atoms with Crippen LogP contribution in [-0.2, 0) is 9.59 Å². The molecule has 1 heterocycles. The lowest BCUT2D eigenvalue weighted by Crippen LogP contribution is -2.31. The van der Waals surface area contributed by atoms with E-state index >= 15 is 0 Å². The molecule has 0 saturated carbocycles. The van der Waals surface area contributed by atoms with Crippen molar-refractivity contribution in [3.63, 3.8) is 0 Å². The molecular formula is C11H11NO3S. The lowest BCUT2D eigenvalue weighted by Gasteiger charge is -2.24. The number of para-hydroxylation sites is 1. The van der Waals surface area contributed by atoms with Gasteiger partial charge in [0.15, 0.2) is 0 Å². The van der Waals surface area contributed by atoms with Gasteiger partial charge >= 0.3 is 5.97 Å². The van der Waals surface area contributed by atoms with Crippen molar-refractivity contribution < 1.29 is 14.7 Å². The second-order valence-electron chi connectivity index (χ2n) is 3.64. The SMILES string of the molecule is Cc1cccc2c1NC(=O)C(CC(=O)O)S2. The van der Waals surface area contributed by atoms with Crippen LogP contribution < -0.4 is 5.32 Å². The fourth-order valence-corrected chi connectivity index (χ4v) is 2.79. The molecular weight excluding hydrogens is 226 g/mol. The summed E-state index contributed by atoms with van der Waals surface area (Å²) >= 11 is 1.31. The number of nitrogens with one attached hydrogen (secondary N) is 1. The van der Waals surface area contributed by atoms with Crippen LogP contribution in [0.1, 0.15) is 12.0 Å². The molecule has 0 radical (unpaired) electrons. The fraction of sp³-hybridized carbons (Fsp3) is 0.273. The number of carboxylic acids is 1. The van der Waals surface area contributed by atoms with Gasteiger partial charge in [0, 0.05) is 4.90 Å². The Balaban J connectivity index is 2.28. The topological polar surface area (TPSA) is 66.4 Å². The first-order valence-corrected chi connectivity index (χ1v) is 5.75. The van der Waals surface area contributed by atoms with Gasteiger partial charge in [-0.3, -0.25) is 9.59 Å². The zero-order valence-electron chi connectivity index (χ0n) is 8.69. The van der Waals surface area contributed by atoms with Gasteiger partial charge < -0.3 is 10.4 Å². The van der Waals surface area contributed by atoms with E-state index in [1.54, 1.807) is 0 Å². The van der Waals surface area contributed by atoms with Crippen LogP contribution in [0.5, 0.6) is 0 Å². The highest BCUT2D eigenvalue weighted by molar-refractivity contribution is 8.01. The van der Waals surface area contributed by atoms with Gasteiger partial charge in [0.25, 0.3) is 0 Å². The molecule has 1 aromatic rings. The van der Waals surface area contributed by atoms with Crippen molar-refractivity contribution in [1.29, 1.82) is 0 Å². The molecule has 1 aromatic carbocycles. The number of rotatable bonds is 2. The van der Waals surface area contributed by atoms with E-state index in [9.17, 15) is 9.59 Å². The van der Waals surface area contributed by atoms with Gasteiger partial charge in [0.05, 0.1) is 17.4 Å². The Morgan fingerprint density at radius 1 is 1.56 bits per heavy atom. The number of hydrogen-bond acceptors (Lipinski definition) is 3. The van der Waals surface area contributed by atoms with Crippen molar-refractivity contribution in [3.05, 3.63) is 23.8 Å². The number of thioether (sulfide) groups is 1. The van der Waals surface area contributed by atoms with Gasteiger partial charge in [-0.25, -0.2) is 0 Å². The number of fused-ring (bicyclic) bond motifs is 1. The van der Waals surface area contributed by atoms with Crippen molar-refractivity contribution in [2.45, 2.75) is 23.5 Å². The molecule has 0 fully saturated rings. The summed E-state index contributed by atoms with van der Waals surface area (Å²) in [4.78, 5) is 23.2. The quantitative estimate of drug-likeness (QED) is 0.824.